The Bertz CT molecular complexity index is 1440. The number of hydrogen-bond donors (Lipinski definition) is 1. The van der Waals surface area contributed by atoms with E-state index in [1.54, 1.807) is 24.0 Å². The van der Waals surface area contributed by atoms with Crippen LogP contribution in [0, 0.1) is 18.3 Å². The maximum atomic E-state index is 9.12. The summed E-state index contributed by atoms with van der Waals surface area (Å²) in [6, 6.07) is 27.5. The van der Waals surface area contributed by atoms with Gasteiger partial charge in [0.15, 0.2) is 5.16 Å². The van der Waals surface area contributed by atoms with E-state index in [0.29, 0.717) is 11.3 Å². The molecule has 0 saturated carbocycles. The maximum Gasteiger partial charge on any atom is 0.166 e. The highest BCUT2D eigenvalue weighted by molar-refractivity contribution is 7.98. The molecular formula is C27H20N4OS. The molecule has 0 bridgehead atoms. The van der Waals surface area contributed by atoms with Crippen LogP contribution < -0.4 is 4.74 Å². The predicted octanol–water partition coefficient (Wildman–Crippen LogP) is 6.89. The number of ether oxygens (including phenoxy) is 1. The van der Waals surface area contributed by atoms with Gasteiger partial charge in [0.05, 0.1) is 28.4 Å². The van der Waals surface area contributed by atoms with Crippen molar-refractivity contribution in [3.05, 3.63) is 102 Å². The van der Waals surface area contributed by atoms with Gasteiger partial charge in [-0.25, -0.2) is 4.98 Å². The van der Waals surface area contributed by atoms with Gasteiger partial charge in [0, 0.05) is 17.5 Å². The molecule has 0 atom stereocenters. The van der Waals surface area contributed by atoms with Gasteiger partial charge in [-0.3, -0.25) is 4.98 Å². The van der Waals surface area contributed by atoms with Crippen LogP contribution in [0.15, 0.2) is 90.2 Å². The number of nitriles is 1. The molecule has 2 aromatic heterocycles. The van der Waals surface area contributed by atoms with Gasteiger partial charge in [-0.05, 0) is 60.5 Å². The zero-order chi connectivity index (χ0) is 22.6. The summed E-state index contributed by atoms with van der Waals surface area (Å²) in [5, 5.41) is 9.99. The number of H-pyrrole nitrogens is 1. The molecule has 5 nitrogen and oxygen atoms in total. The van der Waals surface area contributed by atoms with E-state index < -0.39 is 0 Å². The molecule has 160 valence electrons. The monoisotopic (exact) mass is 448 g/mol. The van der Waals surface area contributed by atoms with Crippen LogP contribution in [0.1, 0.15) is 16.8 Å². The molecular weight excluding hydrogens is 428 g/mol. The molecule has 0 amide bonds. The molecule has 0 unspecified atom stereocenters. The van der Waals surface area contributed by atoms with Crippen LogP contribution in [-0.2, 0) is 5.75 Å². The van der Waals surface area contributed by atoms with E-state index in [-0.39, 0.29) is 0 Å². The largest absolute Gasteiger partial charge is 0.457 e. The quantitative estimate of drug-likeness (QED) is 0.286. The fourth-order valence-corrected chi connectivity index (χ4v) is 4.47. The normalized spacial score (nSPS) is 10.8. The Morgan fingerprint density at radius 3 is 2.64 bits per heavy atom. The van der Waals surface area contributed by atoms with E-state index in [1.807, 2.05) is 79.7 Å². The van der Waals surface area contributed by atoms with E-state index in [4.69, 9.17) is 10.00 Å². The van der Waals surface area contributed by atoms with Gasteiger partial charge in [-0.2, -0.15) is 5.26 Å². The molecule has 1 N–H and O–H groups in total. The number of aromatic nitrogens is 3. The standard InChI is InChI=1S/C27H20N4OS/c1-18-25(17-33-27-30-23-7-2-3-8-24(23)31-27)29-14-13-26(18)32-22-11-9-20(10-12-22)21-6-4-5-19(15-21)16-28/h2-15H,17H2,1H3,(H,30,31). The first kappa shape index (κ1) is 20.8. The lowest BCUT2D eigenvalue weighted by Crippen LogP contribution is -1.96. The molecule has 0 radical (unpaired) electrons. The van der Waals surface area contributed by atoms with E-state index >= 15 is 0 Å². The van der Waals surface area contributed by atoms with Crippen LogP contribution in [0.25, 0.3) is 22.2 Å². The fraction of sp³-hybridized carbons (Fsp3) is 0.0741. The molecule has 0 aliphatic heterocycles. The third-order valence-corrected chi connectivity index (χ3v) is 6.26. The van der Waals surface area contributed by atoms with E-state index in [9.17, 15) is 0 Å². The molecule has 0 aliphatic rings. The molecule has 5 aromatic rings. The topological polar surface area (TPSA) is 74.6 Å². The van der Waals surface area contributed by atoms with Crippen molar-refractivity contribution in [2.75, 3.05) is 0 Å². The van der Waals surface area contributed by atoms with Crippen LogP contribution >= 0.6 is 11.8 Å². The van der Waals surface area contributed by atoms with Crippen molar-refractivity contribution in [1.29, 1.82) is 5.26 Å². The summed E-state index contributed by atoms with van der Waals surface area (Å²) < 4.78 is 6.16. The SMILES string of the molecule is Cc1c(Oc2ccc(-c3cccc(C#N)c3)cc2)ccnc1CSc1nc2ccccc2[nH]1. The minimum Gasteiger partial charge on any atom is -0.457 e. The van der Waals surface area contributed by atoms with Crippen molar-refractivity contribution in [2.24, 2.45) is 0 Å². The number of rotatable bonds is 6. The number of pyridine rings is 1. The van der Waals surface area contributed by atoms with Crippen molar-refractivity contribution in [2.45, 2.75) is 17.8 Å². The molecule has 0 saturated heterocycles. The van der Waals surface area contributed by atoms with Gasteiger partial charge in [-0.15, -0.1) is 0 Å². The molecule has 0 aliphatic carbocycles. The number of hydrogen-bond acceptors (Lipinski definition) is 5. The second-order valence-electron chi connectivity index (χ2n) is 7.55. The Morgan fingerprint density at radius 1 is 0.970 bits per heavy atom. The number of benzene rings is 3. The number of nitrogens with zero attached hydrogens (tertiary/aromatic N) is 3. The summed E-state index contributed by atoms with van der Waals surface area (Å²) >= 11 is 1.62. The van der Waals surface area contributed by atoms with E-state index in [1.165, 1.54) is 0 Å². The lowest BCUT2D eigenvalue weighted by atomic mass is 10.0. The first-order valence-corrected chi connectivity index (χ1v) is 11.5. The minimum atomic E-state index is 0.647. The summed E-state index contributed by atoms with van der Waals surface area (Å²) in [6.07, 6.45) is 1.78. The number of aromatic amines is 1. The highest BCUT2D eigenvalue weighted by atomic mass is 32.2. The lowest BCUT2D eigenvalue weighted by molar-refractivity contribution is 0.477. The highest BCUT2D eigenvalue weighted by Crippen LogP contribution is 2.31. The Morgan fingerprint density at radius 2 is 1.82 bits per heavy atom. The minimum absolute atomic E-state index is 0.647. The zero-order valence-electron chi connectivity index (χ0n) is 17.9. The second kappa shape index (κ2) is 9.19. The van der Waals surface area contributed by atoms with Crippen LogP contribution in [0.2, 0.25) is 0 Å². The third-order valence-electron chi connectivity index (χ3n) is 5.38. The van der Waals surface area contributed by atoms with Crippen LogP contribution in [0.3, 0.4) is 0 Å². The highest BCUT2D eigenvalue weighted by Gasteiger charge is 2.10. The van der Waals surface area contributed by atoms with Gasteiger partial charge in [0.25, 0.3) is 0 Å². The summed E-state index contributed by atoms with van der Waals surface area (Å²) in [5.41, 5.74) is 6.65. The van der Waals surface area contributed by atoms with Gasteiger partial charge < -0.3 is 9.72 Å². The molecule has 0 fully saturated rings. The van der Waals surface area contributed by atoms with E-state index in [0.717, 1.165) is 50.1 Å². The van der Waals surface area contributed by atoms with Crippen LogP contribution in [0.4, 0.5) is 0 Å². The molecule has 33 heavy (non-hydrogen) atoms. The van der Waals surface area contributed by atoms with Gasteiger partial charge in [0.2, 0.25) is 0 Å². The number of imidazole rings is 1. The second-order valence-corrected chi connectivity index (χ2v) is 8.51. The summed E-state index contributed by atoms with van der Waals surface area (Å²) in [5.74, 6) is 2.22. The maximum absolute atomic E-state index is 9.12. The molecule has 3 aromatic carbocycles. The van der Waals surface area contributed by atoms with Crippen LogP contribution in [-0.4, -0.2) is 15.0 Å². The summed E-state index contributed by atoms with van der Waals surface area (Å²) in [4.78, 5) is 12.5. The fourth-order valence-electron chi connectivity index (χ4n) is 3.56. The van der Waals surface area contributed by atoms with Crippen molar-refractivity contribution >= 4 is 22.8 Å². The van der Waals surface area contributed by atoms with Gasteiger partial charge in [-0.1, -0.05) is 48.2 Å². The summed E-state index contributed by atoms with van der Waals surface area (Å²) in [6.45, 7) is 2.03. The molecule has 0 spiro atoms. The van der Waals surface area contributed by atoms with Crippen molar-refractivity contribution in [3.63, 3.8) is 0 Å². The number of para-hydroxylation sites is 2. The Labute approximate surface area is 196 Å². The average molecular weight is 449 g/mol. The van der Waals surface area contributed by atoms with Crippen LogP contribution in [0.5, 0.6) is 11.5 Å². The predicted molar refractivity (Wildman–Crippen MR) is 131 cm³/mol. The lowest BCUT2D eigenvalue weighted by Gasteiger charge is -2.12. The van der Waals surface area contributed by atoms with Gasteiger partial charge >= 0.3 is 0 Å². The molecule has 2 heterocycles. The number of fused-ring (bicyclic) bond motifs is 1. The Kier molecular flexibility index (Phi) is 5.79. The zero-order valence-corrected chi connectivity index (χ0v) is 18.8. The number of thioether (sulfide) groups is 1. The van der Waals surface area contributed by atoms with Crippen molar-refractivity contribution in [3.8, 4) is 28.7 Å². The van der Waals surface area contributed by atoms with Gasteiger partial charge in [0.1, 0.15) is 11.5 Å². The molecule has 5 rings (SSSR count). The Balaban J connectivity index is 1.30. The van der Waals surface area contributed by atoms with E-state index in [2.05, 4.69) is 21.0 Å². The smallest absolute Gasteiger partial charge is 0.166 e. The average Bonchev–Trinajstić information content (AvgIpc) is 3.28. The first-order valence-electron chi connectivity index (χ1n) is 10.5. The summed E-state index contributed by atoms with van der Waals surface area (Å²) in [7, 11) is 0. The molecule has 6 heteroatoms. The first-order chi connectivity index (χ1) is 16.2. The number of nitrogens with one attached hydrogen (secondary N) is 1. The Hall–Kier alpha value is -4.08. The third kappa shape index (κ3) is 4.59. The van der Waals surface area contributed by atoms with Crippen molar-refractivity contribution in [1.82, 2.24) is 15.0 Å². The van der Waals surface area contributed by atoms with Crippen molar-refractivity contribution < 1.29 is 4.74 Å².